The van der Waals surface area contributed by atoms with Crippen molar-refractivity contribution in [3.63, 3.8) is 0 Å². The molecule has 3 N–H and O–H groups in total. The van der Waals surface area contributed by atoms with Gasteiger partial charge in [-0.2, -0.15) is 0 Å². The number of hydrogen-bond donors (Lipinski definition) is 2. The van der Waals surface area contributed by atoms with Crippen LogP contribution in [0.5, 0.6) is 0 Å². The molecule has 0 aliphatic carbocycles. The largest absolute Gasteiger partial charge is 0.409 e. The fourth-order valence-electron chi connectivity index (χ4n) is 3.19. The predicted octanol–water partition coefficient (Wildman–Crippen LogP) is 1.96. The van der Waals surface area contributed by atoms with Gasteiger partial charge in [0.15, 0.2) is 5.84 Å². The molecule has 1 fully saturated rings. The summed E-state index contributed by atoms with van der Waals surface area (Å²) in [5.41, 5.74) is 5.05. The summed E-state index contributed by atoms with van der Waals surface area (Å²) in [6, 6.07) is 0.0748. The normalized spacial score (nSPS) is 20.6. The van der Waals surface area contributed by atoms with E-state index < -0.39 is 5.41 Å². The summed E-state index contributed by atoms with van der Waals surface area (Å²) >= 11 is 0. The Labute approximate surface area is 127 Å². The van der Waals surface area contributed by atoms with Gasteiger partial charge in [-0.25, -0.2) is 0 Å². The number of ether oxygens (including phenoxy) is 1. The topological polar surface area (TPSA) is 88.2 Å². The summed E-state index contributed by atoms with van der Waals surface area (Å²) in [5, 5.41) is 12.3. The van der Waals surface area contributed by atoms with Gasteiger partial charge >= 0.3 is 0 Å². The highest BCUT2D eigenvalue weighted by atomic mass is 16.5. The molecule has 0 aromatic rings. The minimum Gasteiger partial charge on any atom is -0.409 e. The van der Waals surface area contributed by atoms with Crippen molar-refractivity contribution < 1.29 is 14.7 Å². The van der Waals surface area contributed by atoms with Gasteiger partial charge in [-0.3, -0.25) is 4.79 Å². The third-order valence-corrected chi connectivity index (χ3v) is 4.32. The fraction of sp³-hybridized carbons (Fsp3) is 0.867. The van der Waals surface area contributed by atoms with E-state index in [1.165, 1.54) is 0 Å². The first kappa shape index (κ1) is 17.8. The summed E-state index contributed by atoms with van der Waals surface area (Å²) in [6.07, 6.45) is 3.66. The van der Waals surface area contributed by atoms with E-state index in [4.69, 9.17) is 15.7 Å². The Balaban J connectivity index is 3.13. The van der Waals surface area contributed by atoms with Gasteiger partial charge < -0.3 is 20.6 Å². The maximum Gasteiger partial charge on any atom is 0.236 e. The molecular weight excluding hydrogens is 270 g/mol. The van der Waals surface area contributed by atoms with E-state index >= 15 is 0 Å². The quantitative estimate of drug-likeness (QED) is 0.325. The Kier molecular flexibility index (Phi) is 6.95. The lowest BCUT2D eigenvalue weighted by Gasteiger charge is -2.42. The summed E-state index contributed by atoms with van der Waals surface area (Å²) < 4.78 is 5.47. The summed E-state index contributed by atoms with van der Waals surface area (Å²) in [4.78, 5) is 15.0. The Morgan fingerprint density at radius 3 is 2.48 bits per heavy atom. The van der Waals surface area contributed by atoms with Crippen LogP contribution >= 0.6 is 0 Å². The molecule has 21 heavy (non-hydrogen) atoms. The van der Waals surface area contributed by atoms with Gasteiger partial charge in [0.05, 0.1) is 19.3 Å². The van der Waals surface area contributed by atoms with Crippen LogP contribution in [0.25, 0.3) is 0 Å². The smallest absolute Gasteiger partial charge is 0.236 e. The molecule has 1 aliphatic heterocycles. The third-order valence-electron chi connectivity index (χ3n) is 4.32. The van der Waals surface area contributed by atoms with Crippen LogP contribution in [0.3, 0.4) is 0 Å². The van der Waals surface area contributed by atoms with Gasteiger partial charge in [-0.15, -0.1) is 0 Å². The zero-order valence-electron chi connectivity index (χ0n) is 13.5. The Morgan fingerprint density at radius 2 is 2.00 bits per heavy atom. The molecule has 1 aliphatic rings. The zero-order valence-corrected chi connectivity index (χ0v) is 13.5. The van der Waals surface area contributed by atoms with Gasteiger partial charge in [0.25, 0.3) is 0 Å². The standard InChI is InChI=1S/C15H29N3O3/c1-4-7-15(8-5-2,13(16)17-20)14(19)18-9-10-21-11-12(18)6-3/h12,20H,4-11H2,1-3H3,(H2,16,17). The average molecular weight is 299 g/mol. The van der Waals surface area contributed by atoms with Gasteiger partial charge in [0.1, 0.15) is 5.41 Å². The van der Waals surface area contributed by atoms with Crippen LogP contribution in [0.4, 0.5) is 0 Å². The number of amidine groups is 1. The van der Waals surface area contributed by atoms with Crippen LogP contribution < -0.4 is 5.73 Å². The van der Waals surface area contributed by atoms with E-state index in [0.29, 0.717) is 32.6 Å². The molecule has 0 spiro atoms. The molecule has 1 unspecified atom stereocenters. The van der Waals surface area contributed by atoms with Gasteiger partial charge in [0.2, 0.25) is 5.91 Å². The van der Waals surface area contributed by atoms with Crippen molar-refractivity contribution in [3.8, 4) is 0 Å². The van der Waals surface area contributed by atoms with E-state index in [0.717, 1.165) is 19.3 Å². The number of rotatable bonds is 7. The van der Waals surface area contributed by atoms with Crippen molar-refractivity contribution in [2.45, 2.75) is 58.9 Å². The number of carbonyl (C=O) groups is 1. The van der Waals surface area contributed by atoms with Crippen molar-refractivity contribution in [3.05, 3.63) is 0 Å². The van der Waals surface area contributed by atoms with Crippen molar-refractivity contribution in [1.82, 2.24) is 4.90 Å². The van der Waals surface area contributed by atoms with Crippen LogP contribution in [0, 0.1) is 5.41 Å². The molecule has 1 amide bonds. The van der Waals surface area contributed by atoms with E-state index in [1.54, 1.807) is 0 Å². The van der Waals surface area contributed by atoms with Crippen molar-refractivity contribution in [2.75, 3.05) is 19.8 Å². The van der Waals surface area contributed by atoms with E-state index in [-0.39, 0.29) is 17.8 Å². The van der Waals surface area contributed by atoms with E-state index in [9.17, 15) is 4.79 Å². The monoisotopic (exact) mass is 299 g/mol. The number of amides is 1. The molecule has 1 saturated heterocycles. The molecule has 0 radical (unpaired) electrons. The molecule has 0 saturated carbocycles. The number of morpholine rings is 1. The lowest BCUT2D eigenvalue weighted by molar-refractivity contribution is -0.148. The van der Waals surface area contributed by atoms with Crippen molar-refractivity contribution in [1.29, 1.82) is 0 Å². The van der Waals surface area contributed by atoms with Crippen LogP contribution in [-0.4, -0.2) is 47.7 Å². The Morgan fingerprint density at radius 1 is 1.38 bits per heavy atom. The first-order valence-corrected chi connectivity index (χ1v) is 7.94. The van der Waals surface area contributed by atoms with Crippen molar-refractivity contribution >= 4 is 11.7 Å². The Hall–Kier alpha value is -1.30. The molecular formula is C15H29N3O3. The molecule has 6 nitrogen and oxygen atoms in total. The SMILES string of the molecule is CCCC(CCC)(C(=O)N1CCOCC1CC)C(N)=NO. The molecule has 0 aromatic heterocycles. The first-order chi connectivity index (χ1) is 10.1. The van der Waals surface area contributed by atoms with Crippen LogP contribution in [0.1, 0.15) is 52.9 Å². The van der Waals surface area contributed by atoms with E-state index in [2.05, 4.69) is 5.16 Å². The fourth-order valence-corrected chi connectivity index (χ4v) is 3.19. The maximum absolute atomic E-state index is 13.2. The minimum absolute atomic E-state index is 0.0170. The second-order valence-electron chi connectivity index (χ2n) is 5.70. The summed E-state index contributed by atoms with van der Waals surface area (Å²) in [5.74, 6) is 0.0224. The molecule has 1 rings (SSSR count). The molecule has 122 valence electrons. The van der Waals surface area contributed by atoms with Gasteiger partial charge in [0, 0.05) is 6.54 Å². The van der Waals surface area contributed by atoms with Crippen molar-refractivity contribution in [2.24, 2.45) is 16.3 Å². The van der Waals surface area contributed by atoms with Crippen LogP contribution in [-0.2, 0) is 9.53 Å². The average Bonchev–Trinajstić information content (AvgIpc) is 2.52. The highest BCUT2D eigenvalue weighted by molar-refractivity contribution is 6.06. The second kappa shape index (κ2) is 8.22. The summed E-state index contributed by atoms with van der Waals surface area (Å²) in [6.45, 7) is 7.76. The maximum atomic E-state index is 13.2. The molecule has 1 heterocycles. The predicted molar refractivity (Wildman–Crippen MR) is 82.3 cm³/mol. The second-order valence-corrected chi connectivity index (χ2v) is 5.70. The number of hydrogen-bond acceptors (Lipinski definition) is 4. The van der Waals surface area contributed by atoms with Gasteiger partial charge in [-0.1, -0.05) is 38.8 Å². The summed E-state index contributed by atoms with van der Waals surface area (Å²) in [7, 11) is 0. The number of carbonyl (C=O) groups excluding carboxylic acids is 1. The molecule has 0 aromatic carbocycles. The number of nitrogens with two attached hydrogens (primary N) is 1. The first-order valence-electron chi connectivity index (χ1n) is 7.94. The molecule has 6 heteroatoms. The van der Waals surface area contributed by atoms with E-state index in [1.807, 2.05) is 25.7 Å². The third kappa shape index (κ3) is 3.67. The number of nitrogens with zero attached hydrogens (tertiary/aromatic N) is 2. The molecule has 0 bridgehead atoms. The zero-order chi connectivity index (χ0) is 15.9. The highest BCUT2D eigenvalue weighted by Crippen LogP contribution is 2.34. The van der Waals surface area contributed by atoms with Crippen LogP contribution in [0.2, 0.25) is 0 Å². The highest BCUT2D eigenvalue weighted by Gasteiger charge is 2.45. The van der Waals surface area contributed by atoms with Gasteiger partial charge in [-0.05, 0) is 19.3 Å². The lowest BCUT2D eigenvalue weighted by atomic mass is 9.76. The Bertz CT molecular complexity index is 365. The minimum atomic E-state index is -0.886. The lowest BCUT2D eigenvalue weighted by Crippen LogP contribution is -2.57. The van der Waals surface area contributed by atoms with Crippen LogP contribution in [0.15, 0.2) is 5.16 Å². The number of oxime groups is 1. The molecule has 1 atom stereocenters.